The highest BCUT2D eigenvalue weighted by molar-refractivity contribution is 5.88. The largest absolute Gasteiger partial charge is 0.354 e. The van der Waals surface area contributed by atoms with E-state index in [4.69, 9.17) is 0 Å². The minimum absolute atomic E-state index is 0.0687. The molecule has 2 N–H and O–H groups in total. The summed E-state index contributed by atoms with van der Waals surface area (Å²) in [5, 5.41) is 5.71. The van der Waals surface area contributed by atoms with Crippen molar-refractivity contribution in [3.63, 3.8) is 0 Å². The molecule has 3 fully saturated rings. The van der Waals surface area contributed by atoms with Crippen LogP contribution in [0.5, 0.6) is 0 Å². The van der Waals surface area contributed by atoms with Gasteiger partial charge in [0.2, 0.25) is 17.7 Å². The Balaban J connectivity index is 1.40. The van der Waals surface area contributed by atoms with Gasteiger partial charge in [-0.3, -0.25) is 19.3 Å². The first kappa shape index (κ1) is 18.2. The van der Waals surface area contributed by atoms with E-state index in [1.54, 1.807) is 0 Å². The quantitative estimate of drug-likeness (QED) is 0.754. The molecular weight excluding hydrogens is 320 g/mol. The van der Waals surface area contributed by atoms with Crippen LogP contribution in [-0.4, -0.2) is 72.8 Å². The second-order valence-corrected chi connectivity index (χ2v) is 7.49. The molecule has 3 heterocycles. The van der Waals surface area contributed by atoms with E-state index >= 15 is 0 Å². The summed E-state index contributed by atoms with van der Waals surface area (Å²) in [6.07, 6.45) is 6.53. The molecular formula is C18H30N4O3. The molecule has 3 rings (SSSR count). The standard InChI is InChI=1S/C18H30N4O3/c23-16(20-15-5-1-2-8-19-17(15)24)13-21-11-6-14(7-12-21)18(25)22-9-3-4-10-22/h14-15H,1-13H2,(H,19,24)(H,20,23). The molecule has 7 heteroatoms. The van der Waals surface area contributed by atoms with Gasteiger partial charge in [-0.25, -0.2) is 0 Å². The number of nitrogens with one attached hydrogen (secondary N) is 2. The Hall–Kier alpha value is -1.63. The zero-order valence-corrected chi connectivity index (χ0v) is 15.0. The number of piperidine rings is 1. The Morgan fingerprint density at radius 1 is 1.00 bits per heavy atom. The second-order valence-electron chi connectivity index (χ2n) is 7.49. The van der Waals surface area contributed by atoms with Crippen molar-refractivity contribution in [1.29, 1.82) is 0 Å². The minimum atomic E-state index is -0.399. The van der Waals surface area contributed by atoms with Crippen LogP contribution in [0.25, 0.3) is 0 Å². The molecule has 3 amide bonds. The van der Waals surface area contributed by atoms with E-state index in [1.165, 1.54) is 0 Å². The summed E-state index contributed by atoms with van der Waals surface area (Å²) in [7, 11) is 0. The summed E-state index contributed by atoms with van der Waals surface area (Å²) >= 11 is 0. The Labute approximate surface area is 149 Å². The van der Waals surface area contributed by atoms with E-state index < -0.39 is 6.04 Å². The van der Waals surface area contributed by atoms with Gasteiger partial charge in [-0.2, -0.15) is 0 Å². The van der Waals surface area contributed by atoms with Crippen molar-refractivity contribution in [1.82, 2.24) is 20.4 Å². The molecule has 0 aromatic heterocycles. The van der Waals surface area contributed by atoms with Crippen LogP contribution in [0.15, 0.2) is 0 Å². The van der Waals surface area contributed by atoms with E-state index in [2.05, 4.69) is 15.5 Å². The van der Waals surface area contributed by atoms with Crippen LogP contribution < -0.4 is 10.6 Å². The summed E-state index contributed by atoms with van der Waals surface area (Å²) in [4.78, 5) is 40.7. The fraction of sp³-hybridized carbons (Fsp3) is 0.833. The topological polar surface area (TPSA) is 81.8 Å². The number of likely N-dealkylation sites (tertiary alicyclic amines) is 2. The van der Waals surface area contributed by atoms with E-state index in [1.807, 2.05) is 4.90 Å². The average molecular weight is 350 g/mol. The molecule has 0 saturated carbocycles. The lowest BCUT2D eigenvalue weighted by atomic mass is 9.95. The smallest absolute Gasteiger partial charge is 0.242 e. The molecule has 0 spiro atoms. The normalized spacial score (nSPS) is 26.2. The molecule has 3 saturated heterocycles. The number of hydrogen-bond acceptors (Lipinski definition) is 4. The summed E-state index contributed by atoms with van der Waals surface area (Å²) in [6.45, 7) is 4.37. The Kier molecular flexibility index (Phi) is 6.29. The lowest BCUT2D eigenvalue weighted by molar-refractivity contribution is -0.136. The fourth-order valence-electron chi connectivity index (χ4n) is 4.05. The molecule has 3 aliphatic heterocycles. The van der Waals surface area contributed by atoms with Crippen LogP contribution >= 0.6 is 0 Å². The number of nitrogens with zero attached hydrogens (tertiary/aromatic N) is 2. The van der Waals surface area contributed by atoms with Crippen LogP contribution in [0.1, 0.15) is 44.9 Å². The molecule has 1 unspecified atom stereocenters. The summed E-state index contributed by atoms with van der Waals surface area (Å²) < 4.78 is 0. The minimum Gasteiger partial charge on any atom is -0.354 e. The highest BCUT2D eigenvalue weighted by Gasteiger charge is 2.30. The van der Waals surface area contributed by atoms with Gasteiger partial charge in [0.15, 0.2) is 0 Å². The van der Waals surface area contributed by atoms with Gasteiger partial charge in [-0.15, -0.1) is 0 Å². The van der Waals surface area contributed by atoms with Gasteiger partial charge in [0.1, 0.15) is 6.04 Å². The van der Waals surface area contributed by atoms with Gasteiger partial charge >= 0.3 is 0 Å². The number of rotatable bonds is 4. The molecule has 0 radical (unpaired) electrons. The van der Waals surface area contributed by atoms with Crippen molar-refractivity contribution in [2.45, 2.75) is 51.0 Å². The highest BCUT2D eigenvalue weighted by Crippen LogP contribution is 2.21. The van der Waals surface area contributed by atoms with Crippen LogP contribution in [-0.2, 0) is 14.4 Å². The molecule has 0 aliphatic carbocycles. The lowest BCUT2D eigenvalue weighted by Crippen LogP contribution is -2.50. The third-order valence-electron chi connectivity index (χ3n) is 5.59. The molecule has 0 bridgehead atoms. The van der Waals surface area contributed by atoms with Crippen molar-refractivity contribution >= 4 is 17.7 Å². The van der Waals surface area contributed by atoms with Gasteiger partial charge in [-0.05, 0) is 58.0 Å². The summed E-state index contributed by atoms with van der Waals surface area (Å²) in [5.74, 6) is 0.258. The predicted octanol–water partition coefficient (Wildman–Crippen LogP) is 0.106. The number of carbonyl (C=O) groups excluding carboxylic acids is 3. The van der Waals surface area contributed by atoms with Crippen LogP contribution in [0.4, 0.5) is 0 Å². The first-order valence-electron chi connectivity index (χ1n) is 9.71. The molecule has 7 nitrogen and oxygen atoms in total. The Bertz CT molecular complexity index is 497. The molecule has 25 heavy (non-hydrogen) atoms. The molecule has 0 aromatic carbocycles. The fourth-order valence-corrected chi connectivity index (χ4v) is 4.05. The van der Waals surface area contributed by atoms with Gasteiger partial charge in [0.25, 0.3) is 0 Å². The molecule has 0 aromatic rings. The van der Waals surface area contributed by atoms with Gasteiger partial charge < -0.3 is 15.5 Å². The first-order chi connectivity index (χ1) is 12.1. The van der Waals surface area contributed by atoms with Crippen molar-refractivity contribution < 1.29 is 14.4 Å². The highest BCUT2D eigenvalue weighted by atomic mass is 16.2. The van der Waals surface area contributed by atoms with Crippen molar-refractivity contribution in [3.8, 4) is 0 Å². The van der Waals surface area contributed by atoms with Crippen LogP contribution in [0.3, 0.4) is 0 Å². The molecule has 140 valence electrons. The van der Waals surface area contributed by atoms with Gasteiger partial charge in [0.05, 0.1) is 6.54 Å². The summed E-state index contributed by atoms with van der Waals surface area (Å²) in [6, 6.07) is -0.399. The van der Waals surface area contributed by atoms with E-state index in [0.717, 1.165) is 64.7 Å². The SMILES string of the molecule is O=C(CN1CCC(C(=O)N2CCCC2)CC1)NC1CCCCNC1=O. The second kappa shape index (κ2) is 8.65. The van der Waals surface area contributed by atoms with Crippen molar-refractivity contribution in [2.24, 2.45) is 5.92 Å². The number of carbonyl (C=O) groups is 3. The van der Waals surface area contributed by atoms with Gasteiger partial charge in [-0.1, -0.05) is 0 Å². The molecule has 1 atom stereocenters. The van der Waals surface area contributed by atoms with Gasteiger partial charge in [0, 0.05) is 25.6 Å². The summed E-state index contributed by atoms with van der Waals surface area (Å²) in [5.41, 5.74) is 0. The third-order valence-corrected chi connectivity index (χ3v) is 5.59. The average Bonchev–Trinajstić information content (AvgIpc) is 3.07. The predicted molar refractivity (Wildman–Crippen MR) is 93.8 cm³/mol. The zero-order valence-electron chi connectivity index (χ0n) is 15.0. The Morgan fingerprint density at radius 2 is 1.72 bits per heavy atom. The van der Waals surface area contributed by atoms with E-state index in [0.29, 0.717) is 25.4 Å². The number of amides is 3. The van der Waals surface area contributed by atoms with Crippen LogP contribution in [0.2, 0.25) is 0 Å². The zero-order chi connectivity index (χ0) is 17.6. The van der Waals surface area contributed by atoms with Crippen LogP contribution in [0, 0.1) is 5.92 Å². The van der Waals surface area contributed by atoms with E-state index in [-0.39, 0.29) is 17.7 Å². The maximum atomic E-state index is 12.4. The van der Waals surface area contributed by atoms with E-state index in [9.17, 15) is 14.4 Å². The monoisotopic (exact) mass is 350 g/mol. The Morgan fingerprint density at radius 3 is 2.44 bits per heavy atom. The molecule has 3 aliphatic rings. The third kappa shape index (κ3) is 4.93. The van der Waals surface area contributed by atoms with Crippen molar-refractivity contribution in [2.75, 3.05) is 39.3 Å². The lowest BCUT2D eigenvalue weighted by Gasteiger charge is -2.32. The first-order valence-corrected chi connectivity index (χ1v) is 9.71. The van der Waals surface area contributed by atoms with Crippen molar-refractivity contribution in [3.05, 3.63) is 0 Å². The number of hydrogen-bond donors (Lipinski definition) is 2. The maximum Gasteiger partial charge on any atom is 0.242 e. The maximum absolute atomic E-state index is 12.4.